The van der Waals surface area contributed by atoms with Gasteiger partial charge in [0.2, 0.25) is 0 Å². The van der Waals surface area contributed by atoms with E-state index >= 15 is 0 Å². The molecule has 3 aliphatic rings. The molecule has 1 spiro atoms. The number of piperidine rings is 1. The van der Waals surface area contributed by atoms with E-state index in [1.54, 1.807) is 0 Å². The van der Waals surface area contributed by atoms with Crippen molar-refractivity contribution < 1.29 is 19.1 Å². The molecule has 1 aromatic carbocycles. The Kier molecular flexibility index (Phi) is 4.07. The van der Waals surface area contributed by atoms with Gasteiger partial charge in [0.1, 0.15) is 17.5 Å². The van der Waals surface area contributed by atoms with Crippen LogP contribution in [-0.4, -0.2) is 48.0 Å². The molecule has 3 aliphatic heterocycles. The number of nitrogens with zero attached hydrogens (tertiary/aromatic N) is 1. The number of ether oxygens (including phenoxy) is 2. The number of fused-ring (bicyclic) bond motifs is 1. The van der Waals surface area contributed by atoms with E-state index in [4.69, 9.17) is 9.47 Å². The molecule has 0 radical (unpaired) electrons. The number of hydrogen-bond donors (Lipinski definition) is 0. The standard InChI is InChI=1S/C20H25NO4/c1-13-10-14(2)18-15(11-13)16(22)12-20(25-18)5-7-21(8-6-20)19(23)17-4-3-9-24-17/h10-11,17H,3-9,12H2,1-2H3. The molecule has 134 valence electrons. The number of amides is 1. The lowest BCUT2D eigenvalue weighted by molar-refractivity contribution is -0.144. The number of hydrogen-bond acceptors (Lipinski definition) is 4. The molecule has 0 aliphatic carbocycles. The van der Waals surface area contributed by atoms with Crippen LogP contribution in [0, 0.1) is 13.8 Å². The van der Waals surface area contributed by atoms with E-state index in [0.717, 1.165) is 29.7 Å². The van der Waals surface area contributed by atoms with Gasteiger partial charge in [0.05, 0.1) is 12.0 Å². The monoisotopic (exact) mass is 343 g/mol. The van der Waals surface area contributed by atoms with E-state index in [1.165, 1.54) is 0 Å². The van der Waals surface area contributed by atoms with E-state index < -0.39 is 5.60 Å². The zero-order chi connectivity index (χ0) is 17.6. The fourth-order valence-electron chi connectivity index (χ4n) is 4.33. The zero-order valence-corrected chi connectivity index (χ0v) is 15.0. The summed E-state index contributed by atoms with van der Waals surface area (Å²) in [6.07, 6.45) is 3.32. The molecular weight excluding hydrogens is 318 g/mol. The molecule has 1 amide bonds. The molecule has 0 N–H and O–H groups in total. The Bertz CT molecular complexity index is 713. The second-order valence-corrected chi connectivity index (χ2v) is 7.67. The summed E-state index contributed by atoms with van der Waals surface area (Å²) in [6, 6.07) is 3.98. The summed E-state index contributed by atoms with van der Waals surface area (Å²) < 4.78 is 11.9. The van der Waals surface area contributed by atoms with Gasteiger partial charge in [-0.1, -0.05) is 6.07 Å². The number of benzene rings is 1. The molecule has 0 bridgehead atoms. The zero-order valence-electron chi connectivity index (χ0n) is 15.0. The number of ketones is 1. The van der Waals surface area contributed by atoms with Gasteiger partial charge in [-0.15, -0.1) is 0 Å². The first-order valence-corrected chi connectivity index (χ1v) is 9.21. The molecule has 1 aromatic rings. The number of aryl methyl sites for hydroxylation is 2. The van der Waals surface area contributed by atoms with Gasteiger partial charge in [-0.05, 0) is 43.9 Å². The van der Waals surface area contributed by atoms with Crippen LogP contribution >= 0.6 is 0 Å². The summed E-state index contributed by atoms with van der Waals surface area (Å²) in [5.41, 5.74) is 2.35. The lowest BCUT2D eigenvalue weighted by Crippen LogP contribution is -2.53. The van der Waals surface area contributed by atoms with Gasteiger partial charge in [0.25, 0.3) is 5.91 Å². The van der Waals surface area contributed by atoms with E-state index in [2.05, 4.69) is 6.07 Å². The highest BCUT2D eigenvalue weighted by atomic mass is 16.5. The van der Waals surface area contributed by atoms with Crippen LogP contribution in [0.3, 0.4) is 0 Å². The van der Waals surface area contributed by atoms with Crippen molar-refractivity contribution in [2.75, 3.05) is 19.7 Å². The van der Waals surface area contributed by atoms with Gasteiger partial charge < -0.3 is 14.4 Å². The second-order valence-electron chi connectivity index (χ2n) is 7.67. The molecule has 0 saturated carbocycles. The van der Waals surface area contributed by atoms with Crippen LogP contribution in [0.4, 0.5) is 0 Å². The SMILES string of the molecule is Cc1cc(C)c2c(c1)C(=O)CC1(CCN(C(=O)C3CCCO3)CC1)O2. The first-order chi connectivity index (χ1) is 12.0. The molecule has 5 heteroatoms. The largest absolute Gasteiger partial charge is 0.486 e. The maximum Gasteiger partial charge on any atom is 0.251 e. The highest BCUT2D eigenvalue weighted by Gasteiger charge is 2.45. The van der Waals surface area contributed by atoms with Gasteiger partial charge in [-0.25, -0.2) is 0 Å². The van der Waals surface area contributed by atoms with Gasteiger partial charge in [0.15, 0.2) is 5.78 Å². The first kappa shape index (κ1) is 16.6. The third kappa shape index (κ3) is 2.95. The van der Waals surface area contributed by atoms with Crippen LogP contribution < -0.4 is 4.74 Å². The molecule has 0 aromatic heterocycles. The van der Waals surface area contributed by atoms with E-state index in [9.17, 15) is 9.59 Å². The molecule has 3 heterocycles. The van der Waals surface area contributed by atoms with Crippen molar-refractivity contribution in [3.63, 3.8) is 0 Å². The van der Waals surface area contributed by atoms with Gasteiger partial charge in [-0.3, -0.25) is 9.59 Å². The molecule has 2 saturated heterocycles. The molecule has 2 fully saturated rings. The number of Topliss-reactive ketones (excluding diaryl/α,β-unsaturated/α-hetero) is 1. The fourth-order valence-corrected chi connectivity index (χ4v) is 4.33. The van der Waals surface area contributed by atoms with E-state index in [-0.39, 0.29) is 17.8 Å². The minimum Gasteiger partial charge on any atom is -0.486 e. The molecule has 1 atom stereocenters. The maximum absolute atomic E-state index is 12.7. The van der Waals surface area contributed by atoms with Gasteiger partial charge in [0, 0.05) is 32.5 Å². The Morgan fingerprint density at radius 1 is 1.24 bits per heavy atom. The highest BCUT2D eigenvalue weighted by Crippen LogP contribution is 2.41. The summed E-state index contributed by atoms with van der Waals surface area (Å²) in [6.45, 7) is 5.94. The first-order valence-electron chi connectivity index (χ1n) is 9.21. The minimum absolute atomic E-state index is 0.0988. The minimum atomic E-state index is -0.461. The van der Waals surface area contributed by atoms with Crippen molar-refractivity contribution >= 4 is 11.7 Å². The summed E-state index contributed by atoms with van der Waals surface area (Å²) in [5.74, 6) is 0.995. The van der Waals surface area contributed by atoms with Crippen LogP contribution in [-0.2, 0) is 9.53 Å². The van der Waals surface area contributed by atoms with Crippen molar-refractivity contribution in [1.29, 1.82) is 0 Å². The Labute approximate surface area is 148 Å². The Hall–Kier alpha value is -1.88. The van der Waals surface area contributed by atoms with Crippen molar-refractivity contribution in [3.05, 3.63) is 28.8 Å². The van der Waals surface area contributed by atoms with Gasteiger partial charge in [-0.2, -0.15) is 0 Å². The molecule has 25 heavy (non-hydrogen) atoms. The molecule has 1 unspecified atom stereocenters. The molecule has 4 rings (SSSR count). The number of rotatable bonds is 1. The van der Waals surface area contributed by atoms with E-state index in [1.807, 2.05) is 24.8 Å². The van der Waals surface area contributed by atoms with Crippen molar-refractivity contribution in [3.8, 4) is 5.75 Å². The summed E-state index contributed by atoms with van der Waals surface area (Å²) >= 11 is 0. The average Bonchev–Trinajstić information content (AvgIpc) is 3.11. The van der Waals surface area contributed by atoms with Crippen LogP contribution in [0.25, 0.3) is 0 Å². The number of likely N-dealkylation sites (tertiary alicyclic amines) is 1. The van der Waals surface area contributed by atoms with Crippen LogP contribution in [0.1, 0.15) is 53.6 Å². The quantitative estimate of drug-likeness (QED) is 0.787. The maximum atomic E-state index is 12.7. The predicted molar refractivity (Wildman–Crippen MR) is 93.0 cm³/mol. The summed E-state index contributed by atoms with van der Waals surface area (Å²) in [4.78, 5) is 27.1. The van der Waals surface area contributed by atoms with Gasteiger partial charge >= 0.3 is 0 Å². The van der Waals surface area contributed by atoms with E-state index in [0.29, 0.717) is 44.5 Å². The summed E-state index contributed by atoms with van der Waals surface area (Å²) in [5, 5.41) is 0. The second kappa shape index (κ2) is 6.13. The third-order valence-corrected chi connectivity index (χ3v) is 5.71. The lowest BCUT2D eigenvalue weighted by Gasteiger charge is -2.44. The smallest absolute Gasteiger partial charge is 0.251 e. The average molecular weight is 343 g/mol. The summed E-state index contributed by atoms with van der Waals surface area (Å²) in [7, 11) is 0. The number of carbonyl (C=O) groups excluding carboxylic acids is 2. The topological polar surface area (TPSA) is 55.8 Å². The Balaban J connectivity index is 1.49. The van der Waals surface area contributed by atoms with Crippen LogP contribution in [0.15, 0.2) is 12.1 Å². The normalized spacial score (nSPS) is 25.0. The predicted octanol–water partition coefficient (Wildman–Crippen LogP) is 2.81. The van der Waals surface area contributed by atoms with Crippen molar-refractivity contribution in [2.24, 2.45) is 0 Å². The van der Waals surface area contributed by atoms with Crippen LogP contribution in [0.2, 0.25) is 0 Å². The number of carbonyl (C=O) groups is 2. The molecular formula is C20H25NO4. The lowest BCUT2D eigenvalue weighted by atomic mass is 9.81. The fraction of sp³-hybridized carbons (Fsp3) is 0.600. The molecule has 5 nitrogen and oxygen atoms in total. The van der Waals surface area contributed by atoms with Crippen molar-refractivity contribution in [1.82, 2.24) is 4.90 Å². The highest BCUT2D eigenvalue weighted by molar-refractivity contribution is 6.01. The van der Waals surface area contributed by atoms with Crippen LogP contribution in [0.5, 0.6) is 5.75 Å². The van der Waals surface area contributed by atoms with Crippen molar-refractivity contribution in [2.45, 2.75) is 57.7 Å². The third-order valence-electron chi connectivity index (χ3n) is 5.71. The Morgan fingerprint density at radius 2 is 2.00 bits per heavy atom. The Morgan fingerprint density at radius 3 is 2.68 bits per heavy atom.